The molecule has 3 N–H and O–H groups in total. The van der Waals surface area contributed by atoms with E-state index < -0.39 is 5.91 Å². The zero-order valence-corrected chi connectivity index (χ0v) is 13.4. The van der Waals surface area contributed by atoms with Crippen molar-refractivity contribution < 1.29 is 14.3 Å². The Bertz CT molecular complexity index is 725. The van der Waals surface area contributed by atoms with E-state index in [9.17, 15) is 9.59 Å². The Balaban J connectivity index is 1.71. The summed E-state index contributed by atoms with van der Waals surface area (Å²) in [5.41, 5.74) is 7.98. The third-order valence-corrected chi connectivity index (χ3v) is 4.92. The maximum absolute atomic E-state index is 12.2. The first-order chi connectivity index (χ1) is 11.1. The molecule has 0 unspecified atom stereocenters. The Hall–Kier alpha value is -2.18. The summed E-state index contributed by atoms with van der Waals surface area (Å²) < 4.78 is 5.40. The number of carbonyl (C=O) groups is 2. The summed E-state index contributed by atoms with van der Waals surface area (Å²) in [6, 6.07) is 9.82. The van der Waals surface area contributed by atoms with Gasteiger partial charge in [-0.25, -0.2) is 0 Å². The lowest BCUT2D eigenvalue weighted by molar-refractivity contribution is -0.116. The summed E-state index contributed by atoms with van der Waals surface area (Å²) in [4.78, 5) is 24.9. The number of thiophene rings is 1. The predicted molar refractivity (Wildman–Crippen MR) is 89.6 cm³/mol. The van der Waals surface area contributed by atoms with Gasteiger partial charge in [-0.2, -0.15) is 0 Å². The molecule has 0 radical (unpaired) electrons. The Morgan fingerprint density at radius 3 is 2.78 bits per heavy atom. The van der Waals surface area contributed by atoms with E-state index in [-0.39, 0.29) is 5.91 Å². The number of ether oxygens (including phenoxy) is 1. The van der Waals surface area contributed by atoms with Gasteiger partial charge in [0, 0.05) is 11.3 Å². The van der Waals surface area contributed by atoms with Gasteiger partial charge in [0.15, 0.2) is 0 Å². The van der Waals surface area contributed by atoms with Crippen molar-refractivity contribution in [3.05, 3.63) is 51.9 Å². The molecule has 0 saturated carbocycles. The second kappa shape index (κ2) is 6.93. The molecular formula is C17H18N2O3S. The molecule has 0 bridgehead atoms. The van der Waals surface area contributed by atoms with Crippen LogP contribution in [0.3, 0.4) is 0 Å². The van der Waals surface area contributed by atoms with Gasteiger partial charge in [0.2, 0.25) is 5.91 Å². The number of rotatable bonds is 5. The molecule has 2 amide bonds. The van der Waals surface area contributed by atoms with E-state index >= 15 is 0 Å². The Morgan fingerprint density at radius 1 is 1.26 bits per heavy atom. The highest BCUT2D eigenvalue weighted by Gasteiger charge is 2.25. The maximum Gasteiger partial charge on any atom is 0.251 e. The number of fused-ring (bicyclic) bond motifs is 1. The lowest BCUT2D eigenvalue weighted by atomic mass is 10.1. The first kappa shape index (κ1) is 15.7. The molecule has 1 aliphatic rings. The van der Waals surface area contributed by atoms with Crippen molar-refractivity contribution in [2.75, 3.05) is 11.9 Å². The smallest absolute Gasteiger partial charge is 0.251 e. The van der Waals surface area contributed by atoms with Crippen molar-refractivity contribution in [1.82, 2.24) is 0 Å². The molecule has 0 atom stereocenters. The molecule has 6 heteroatoms. The maximum atomic E-state index is 12.2. The van der Waals surface area contributed by atoms with Gasteiger partial charge in [-0.05, 0) is 24.0 Å². The van der Waals surface area contributed by atoms with Crippen molar-refractivity contribution in [2.45, 2.75) is 25.9 Å². The number of nitrogens with one attached hydrogen (secondary N) is 1. The number of hydrogen-bond donors (Lipinski definition) is 2. The van der Waals surface area contributed by atoms with Gasteiger partial charge >= 0.3 is 0 Å². The van der Waals surface area contributed by atoms with Crippen molar-refractivity contribution >= 4 is 28.2 Å². The van der Waals surface area contributed by atoms with Crippen molar-refractivity contribution in [3.8, 4) is 0 Å². The molecule has 0 spiro atoms. The number of benzene rings is 1. The fourth-order valence-electron chi connectivity index (χ4n) is 2.67. The molecular weight excluding hydrogens is 312 g/mol. The van der Waals surface area contributed by atoms with Gasteiger partial charge in [-0.15, -0.1) is 11.3 Å². The number of amides is 2. The average Bonchev–Trinajstić information content (AvgIpc) is 2.91. The molecule has 120 valence electrons. The van der Waals surface area contributed by atoms with Crippen molar-refractivity contribution in [2.24, 2.45) is 5.73 Å². The number of aryl methyl sites for hydroxylation is 1. The van der Waals surface area contributed by atoms with E-state index in [0.717, 1.165) is 16.0 Å². The Morgan fingerprint density at radius 2 is 2.04 bits per heavy atom. The standard InChI is InChI=1S/C17H18N2O3S/c18-16(21)15-12-8-9-22-10-13(12)23-17(15)19-14(20)7-6-11-4-2-1-3-5-11/h1-5H,6-10H2,(H2,18,21)(H,19,20). The molecule has 23 heavy (non-hydrogen) atoms. The van der Waals surface area contributed by atoms with E-state index in [2.05, 4.69) is 5.32 Å². The van der Waals surface area contributed by atoms with E-state index in [0.29, 0.717) is 43.0 Å². The number of nitrogens with two attached hydrogens (primary N) is 1. The van der Waals surface area contributed by atoms with Crippen LogP contribution in [-0.4, -0.2) is 18.4 Å². The summed E-state index contributed by atoms with van der Waals surface area (Å²) in [7, 11) is 0. The van der Waals surface area contributed by atoms with Crippen LogP contribution in [0.1, 0.15) is 32.8 Å². The van der Waals surface area contributed by atoms with Gasteiger partial charge in [0.05, 0.1) is 18.8 Å². The highest BCUT2D eigenvalue weighted by molar-refractivity contribution is 7.17. The van der Waals surface area contributed by atoms with E-state index in [1.165, 1.54) is 11.3 Å². The SMILES string of the molecule is NC(=O)c1c(NC(=O)CCc2ccccc2)sc2c1CCOC2. The van der Waals surface area contributed by atoms with Crippen LogP contribution in [0.15, 0.2) is 30.3 Å². The zero-order chi connectivity index (χ0) is 16.2. The summed E-state index contributed by atoms with van der Waals surface area (Å²) in [6.45, 7) is 1.05. The molecule has 2 aromatic rings. The van der Waals surface area contributed by atoms with Gasteiger partial charge in [-0.1, -0.05) is 30.3 Å². The number of anilines is 1. The van der Waals surface area contributed by atoms with Crippen LogP contribution < -0.4 is 11.1 Å². The second-order valence-corrected chi connectivity index (χ2v) is 6.51. The Labute approximate surface area is 138 Å². The first-order valence-corrected chi connectivity index (χ1v) is 8.32. The molecule has 1 aromatic heterocycles. The van der Waals surface area contributed by atoms with Crippen molar-refractivity contribution in [3.63, 3.8) is 0 Å². The first-order valence-electron chi connectivity index (χ1n) is 7.51. The average molecular weight is 330 g/mol. The van der Waals surface area contributed by atoms with Crippen molar-refractivity contribution in [1.29, 1.82) is 0 Å². The Kier molecular flexibility index (Phi) is 4.73. The molecule has 3 rings (SSSR count). The zero-order valence-electron chi connectivity index (χ0n) is 12.6. The third kappa shape index (κ3) is 3.60. The highest BCUT2D eigenvalue weighted by Crippen LogP contribution is 2.36. The summed E-state index contributed by atoms with van der Waals surface area (Å²) in [6.07, 6.45) is 1.68. The quantitative estimate of drug-likeness (QED) is 0.884. The molecule has 0 fully saturated rings. The minimum atomic E-state index is -0.497. The van der Waals surface area contributed by atoms with Crippen LogP contribution in [0, 0.1) is 0 Å². The topological polar surface area (TPSA) is 81.4 Å². The monoisotopic (exact) mass is 330 g/mol. The summed E-state index contributed by atoms with van der Waals surface area (Å²) in [5, 5.41) is 3.39. The second-order valence-electron chi connectivity index (χ2n) is 5.41. The third-order valence-electron chi connectivity index (χ3n) is 3.80. The largest absolute Gasteiger partial charge is 0.376 e. The van der Waals surface area contributed by atoms with E-state index in [4.69, 9.17) is 10.5 Å². The van der Waals surface area contributed by atoms with E-state index in [1.54, 1.807) is 0 Å². The number of hydrogen-bond acceptors (Lipinski definition) is 4. The van der Waals surface area contributed by atoms with Gasteiger partial charge in [0.1, 0.15) is 5.00 Å². The molecule has 1 aliphatic heterocycles. The number of primary amides is 1. The van der Waals surface area contributed by atoms with Crippen LogP contribution in [-0.2, 0) is 29.0 Å². The fourth-order valence-corrected chi connectivity index (χ4v) is 3.88. The molecule has 2 heterocycles. The minimum Gasteiger partial charge on any atom is -0.376 e. The molecule has 5 nitrogen and oxygen atoms in total. The highest BCUT2D eigenvalue weighted by atomic mass is 32.1. The molecule has 1 aromatic carbocycles. The van der Waals surface area contributed by atoms with Gasteiger partial charge in [-0.3, -0.25) is 9.59 Å². The van der Waals surface area contributed by atoms with Crippen LogP contribution in [0.2, 0.25) is 0 Å². The van der Waals surface area contributed by atoms with Crippen LogP contribution in [0.25, 0.3) is 0 Å². The van der Waals surface area contributed by atoms with Gasteiger partial charge in [0.25, 0.3) is 5.91 Å². The van der Waals surface area contributed by atoms with Crippen LogP contribution in [0.4, 0.5) is 5.00 Å². The fraction of sp³-hybridized carbons (Fsp3) is 0.294. The normalized spacial score (nSPS) is 13.4. The molecule has 0 aliphatic carbocycles. The van der Waals surface area contributed by atoms with Gasteiger partial charge < -0.3 is 15.8 Å². The number of carbonyl (C=O) groups excluding carboxylic acids is 2. The lowest BCUT2D eigenvalue weighted by Gasteiger charge is -2.12. The minimum absolute atomic E-state index is 0.115. The van der Waals surface area contributed by atoms with E-state index in [1.807, 2.05) is 30.3 Å². The summed E-state index contributed by atoms with van der Waals surface area (Å²) >= 11 is 1.38. The molecule has 0 saturated heterocycles. The predicted octanol–water partition coefficient (Wildman–Crippen LogP) is 2.49. The van der Waals surface area contributed by atoms with Crippen LogP contribution >= 0.6 is 11.3 Å². The lowest BCUT2D eigenvalue weighted by Crippen LogP contribution is -2.19. The van der Waals surface area contributed by atoms with Crippen LogP contribution in [0.5, 0.6) is 0 Å². The summed E-state index contributed by atoms with van der Waals surface area (Å²) in [5.74, 6) is -0.612.